The summed E-state index contributed by atoms with van der Waals surface area (Å²) in [5, 5.41) is 5.30. The maximum atomic E-state index is 13.3. The van der Waals surface area contributed by atoms with Gasteiger partial charge >= 0.3 is 6.09 Å². The number of hydrogen-bond acceptors (Lipinski definition) is 3. The Bertz CT molecular complexity index is 691. The lowest BCUT2D eigenvalue weighted by Gasteiger charge is -2.32. The van der Waals surface area contributed by atoms with Crippen LogP contribution in [-0.2, 0) is 4.74 Å². The normalized spacial score (nSPS) is 16.6. The molecule has 1 atom stereocenters. The summed E-state index contributed by atoms with van der Waals surface area (Å²) in [4.78, 5) is 24.2. The van der Waals surface area contributed by atoms with Gasteiger partial charge in [-0.15, -0.1) is 0 Å². The third kappa shape index (κ3) is 5.12. The van der Waals surface area contributed by atoms with Crippen molar-refractivity contribution in [3.8, 4) is 0 Å². The third-order valence-electron chi connectivity index (χ3n) is 4.12. The predicted octanol–water partition coefficient (Wildman–Crippen LogP) is 3.53. The summed E-state index contributed by atoms with van der Waals surface area (Å²) in [5.41, 5.74) is -1.81. The van der Waals surface area contributed by atoms with Gasteiger partial charge in [0.1, 0.15) is 5.60 Å². The molecule has 0 spiro atoms. The number of ether oxygens (including phenoxy) is 1. The van der Waals surface area contributed by atoms with Crippen molar-refractivity contribution in [3.05, 3.63) is 35.1 Å². The van der Waals surface area contributed by atoms with Crippen LogP contribution in [0.2, 0.25) is 0 Å². The van der Waals surface area contributed by atoms with Crippen molar-refractivity contribution in [2.45, 2.75) is 51.7 Å². The van der Waals surface area contributed by atoms with E-state index in [4.69, 9.17) is 4.74 Å². The summed E-state index contributed by atoms with van der Waals surface area (Å²) in [6, 6.07) is 1.28. The molecule has 1 saturated carbocycles. The average Bonchev–Trinajstić information content (AvgIpc) is 3.33. The van der Waals surface area contributed by atoms with Crippen molar-refractivity contribution >= 4 is 12.0 Å². The second-order valence-electron chi connectivity index (χ2n) is 7.76. The molecule has 2 amide bonds. The van der Waals surface area contributed by atoms with Crippen LogP contribution in [-0.4, -0.2) is 29.7 Å². The van der Waals surface area contributed by atoms with E-state index in [0.29, 0.717) is 12.1 Å². The minimum Gasteiger partial charge on any atom is -0.444 e. The number of carbonyl (C=O) groups excluding carboxylic acids is 2. The second-order valence-corrected chi connectivity index (χ2v) is 7.76. The van der Waals surface area contributed by atoms with E-state index in [1.165, 1.54) is 0 Å². The molecule has 0 saturated heterocycles. The Balaban J connectivity index is 2.07. The molecule has 8 heteroatoms. The van der Waals surface area contributed by atoms with Gasteiger partial charge in [0.2, 0.25) is 0 Å². The molecule has 1 unspecified atom stereocenters. The first kappa shape index (κ1) is 20.1. The molecule has 144 valence electrons. The summed E-state index contributed by atoms with van der Waals surface area (Å²) < 4.78 is 44.9. The van der Waals surface area contributed by atoms with Gasteiger partial charge in [0, 0.05) is 12.1 Å². The highest BCUT2D eigenvalue weighted by atomic mass is 19.2. The Morgan fingerprint density at radius 3 is 2.12 bits per heavy atom. The van der Waals surface area contributed by atoms with Gasteiger partial charge < -0.3 is 15.4 Å². The number of hydrogen-bond donors (Lipinski definition) is 2. The van der Waals surface area contributed by atoms with Gasteiger partial charge in [0.05, 0.1) is 5.54 Å². The summed E-state index contributed by atoms with van der Waals surface area (Å²) in [6.07, 6.45) is 1.06. The summed E-state index contributed by atoms with van der Waals surface area (Å²) >= 11 is 0. The third-order valence-corrected chi connectivity index (χ3v) is 4.12. The molecule has 1 fully saturated rings. The van der Waals surface area contributed by atoms with Gasteiger partial charge in [-0.05, 0) is 58.6 Å². The standard InChI is InChI=1S/C18H23F3N2O3/c1-17(2,3)26-16(25)22-9-18(4,11-5-6-11)23-15(24)10-7-12(19)14(21)13(20)8-10/h7-8,11H,5-6,9H2,1-4H3,(H,22,25)(H,23,24). The smallest absolute Gasteiger partial charge is 0.407 e. The molecule has 1 aliphatic rings. The van der Waals surface area contributed by atoms with E-state index < -0.39 is 40.6 Å². The molecular weight excluding hydrogens is 349 g/mol. The van der Waals surface area contributed by atoms with Gasteiger partial charge in [0.25, 0.3) is 5.91 Å². The lowest BCUT2D eigenvalue weighted by Crippen LogP contribution is -2.55. The number of benzene rings is 1. The first-order chi connectivity index (χ1) is 11.9. The van der Waals surface area contributed by atoms with Crippen LogP contribution >= 0.6 is 0 Å². The molecule has 2 rings (SSSR count). The van der Waals surface area contributed by atoms with E-state index in [9.17, 15) is 22.8 Å². The summed E-state index contributed by atoms with van der Waals surface area (Å²) in [7, 11) is 0. The molecule has 1 aromatic rings. The van der Waals surface area contributed by atoms with E-state index in [1.807, 2.05) is 0 Å². The first-order valence-electron chi connectivity index (χ1n) is 8.35. The largest absolute Gasteiger partial charge is 0.444 e. The van der Waals surface area contributed by atoms with Gasteiger partial charge in [0.15, 0.2) is 17.5 Å². The predicted molar refractivity (Wildman–Crippen MR) is 89.1 cm³/mol. The van der Waals surface area contributed by atoms with Gasteiger partial charge in [-0.3, -0.25) is 4.79 Å². The molecule has 0 heterocycles. The molecule has 0 aromatic heterocycles. The molecular formula is C18H23F3N2O3. The van der Waals surface area contributed by atoms with Crippen LogP contribution in [0.1, 0.15) is 50.9 Å². The van der Waals surface area contributed by atoms with Gasteiger partial charge in [-0.1, -0.05) is 0 Å². The molecule has 0 radical (unpaired) electrons. The van der Waals surface area contributed by atoms with E-state index >= 15 is 0 Å². The Hall–Kier alpha value is -2.25. The highest BCUT2D eigenvalue weighted by Gasteiger charge is 2.43. The van der Waals surface area contributed by atoms with Crippen LogP contribution in [0.5, 0.6) is 0 Å². The zero-order chi connectivity index (χ0) is 19.7. The van der Waals surface area contributed by atoms with Crippen LogP contribution in [0.3, 0.4) is 0 Å². The number of halogens is 3. The summed E-state index contributed by atoms with van der Waals surface area (Å²) in [6.45, 7) is 7.00. The molecule has 2 N–H and O–H groups in total. The molecule has 0 bridgehead atoms. The van der Waals surface area contributed by atoms with E-state index in [-0.39, 0.29) is 18.0 Å². The molecule has 0 aliphatic heterocycles. The number of amides is 2. The quantitative estimate of drug-likeness (QED) is 0.777. The zero-order valence-corrected chi connectivity index (χ0v) is 15.2. The minimum atomic E-state index is -1.63. The zero-order valence-electron chi connectivity index (χ0n) is 15.2. The topological polar surface area (TPSA) is 67.4 Å². The molecule has 26 heavy (non-hydrogen) atoms. The SMILES string of the molecule is CC(C)(C)OC(=O)NCC(C)(NC(=O)c1cc(F)c(F)c(F)c1)C1CC1. The molecule has 1 aliphatic carbocycles. The van der Waals surface area contributed by atoms with Crippen molar-refractivity contribution in [3.63, 3.8) is 0 Å². The number of nitrogens with one attached hydrogen (secondary N) is 2. The van der Waals surface area contributed by atoms with Crippen molar-refractivity contribution in [2.75, 3.05) is 6.54 Å². The summed E-state index contributed by atoms with van der Waals surface area (Å²) in [5.74, 6) is -5.14. The maximum absolute atomic E-state index is 13.3. The Labute approximate surface area is 150 Å². The highest BCUT2D eigenvalue weighted by molar-refractivity contribution is 5.94. The van der Waals surface area contributed by atoms with Crippen LogP contribution in [0, 0.1) is 23.4 Å². The van der Waals surface area contributed by atoms with Crippen LogP contribution in [0.15, 0.2) is 12.1 Å². The van der Waals surface area contributed by atoms with E-state index in [2.05, 4.69) is 10.6 Å². The first-order valence-corrected chi connectivity index (χ1v) is 8.35. The Morgan fingerprint density at radius 2 is 1.65 bits per heavy atom. The maximum Gasteiger partial charge on any atom is 0.407 e. The average molecular weight is 372 g/mol. The van der Waals surface area contributed by atoms with Crippen molar-refractivity contribution in [1.29, 1.82) is 0 Å². The van der Waals surface area contributed by atoms with Crippen LogP contribution in [0.4, 0.5) is 18.0 Å². The highest BCUT2D eigenvalue weighted by Crippen LogP contribution is 2.39. The second kappa shape index (κ2) is 7.17. The van der Waals surface area contributed by atoms with E-state index in [0.717, 1.165) is 12.8 Å². The fourth-order valence-electron chi connectivity index (χ4n) is 2.60. The van der Waals surface area contributed by atoms with Gasteiger partial charge in [-0.2, -0.15) is 0 Å². The van der Waals surface area contributed by atoms with Gasteiger partial charge in [-0.25, -0.2) is 18.0 Å². The fourth-order valence-corrected chi connectivity index (χ4v) is 2.60. The molecule has 1 aromatic carbocycles. The van der Waals surface area contributed by atoms with Crippen molar-refractivity contribution < 1.29 is 27.5 Å². The monoisotopic (exact) mass is 372 g/mol. The van der Waals surface area contributed by atoms with Crippen LogP contribution in [0.25, 0.3) is 0 Å². The Morgan fingerprint density at radius 1 is 1.12 bits per heavy atom. The van der Waals surface area contributed by atoms with Crippen LogP contribution < -0.4 is 10.6 Å². The Kier molecular flexibility index (Phi) is 5.53. The lowest BCUT2D eigenvalue weighted by atomic mass is 9.95. The minimum absolute atomic E-state index is 0.0878. The lowest BCUT2D eigenvalue weighted by molar-refractivity contribution is 0.0502. The van der Waals surface area contributed by atoms with Crippen molar-refractivity contribution in [1.82, 2.24) is 10.6 Å². The number of rotatable bonds is 5. The number of alkyl carbamates (subject to hydrolysis) is 1. The fraction of sp³-hybridized carbons (Fsp3) is 0.556. The number of carbonyl (C=O) groups is 2. The van der Waals surface area contributed by atoms with E-state index in [1.54, 1.807) is 27.7 Å². The van der Waals surface area contributed by atoms with Crippen molar-refractivity contribution in [2.24, 2.45) is 5.92 Å². The molecule has 5 nitrogen and oxygen atoms in total.